The molecule has 1 rings (SSSR count). The van der Waals surface area contributed by atoms with Crippen LogP contribution >= 0.6 is 0 Å². The Morgan fingerprint density at radius 2 is 2.00 bits per heavy atom. The summed E-state index contributed by atoms with van der Waals surface area (Å²) in [7, 11) is 3.80. The highest BCUT2D eigenvalue weighted by Gasteiger charge is 2.12. The highest BCUT2D eigenvalue weighted by atomic mass is 16.5. The Bertz CT molecular complexity index is 611. The summed E-state index contributed by atoms with van der Waals surface area (Å²) in [6, 6.07) is 0. The molecule has 0 unspecified atom stereocenters. The zero-order valence-electron chi connectivity index (χ0n) is 10.2. The molecule has 8 heteroatoms. The average Bonchev–Trinajstić information content (AvgIpc) is 2.37. The van der Waals surface area contributed by atoms with Crippen LogP contribution in [0.15, 0.2) is 14.6 Å². The summed E-state index contributed by atoms with van der Waals surface area (Å²) in [4.78, 5) is 37.6. The highest BCUT2D eigenvalue weighted by molar-refractivity contribution is 5.84. The molecule has 0 aliphatic carbocycles. The van der Waals surface area contributed by atoms with E-state index in [1.807, 2.05) is 0 Å². The van der Waals surface area contributed by atoms with Crippen molar-refractivity contribution in [2.24, 2.45) is 19.1 Å². The summed E-state index contributed by atoms with van der Waals surface area (Å²) in [6.45, 7) is -0.276. The van der Waals surface area contributed by atoms with E-state index in [1.54, 1.807) is 0 Å². The molecule has 0 amide bonds. The van der Waals surface area contributed by atoms with Crippen LogP contribution in [0.4, 0.5) is 0 Å². The predicted molar refractivity (Wildman–Crippen MR) is 63.1 cm³/mol. The van der Waals surface area contributed by atoms with Gasteiger partial charge in [0, 0.05) is 20.3 Å². The molecule has 18 heavy (non-hydrogen) atoms. The molecule has 1 aromatic heterocycles. The third kappa shape index (κ3) is 2.47. The first-order valence-corrected chi connectivity index (χ1v) is 4.95. The second-order valence-electron chi connectivity index (χ2n) is 3.49. The zero-order valence-corrected chi connectivity index (χ0v) is 10.2. The predicted octanol–water partition coefficient (Wildman–Crippen LogP) is -1.62. The highest BCUT2D eigenvalue weighted by Crippen LogP contribution is 2.05. The van der Waals surface area contributed by atoms with Crippen molar-refractivity contribution in [2.75, 3.05) is 13.7 Å². The number of aromatic nitrogens is 2. The zero-order chi connectivity index (χ0) is 13.9. The molecule has 0 radical (unpaired) electrons. The van der Waals surface area contributed by atoms with Gasteiger partial charge in [-0.05, 0) is 0 Å². The fourth-order valence-corrected chi connectivity index (χ4v) is 1.25. The maximum Gasteiger partial charge on any atom is 0.333 e. The molecule has 0 saturated heterocycles. The standard InChI is InChI=1S/C10H13N3O5/c1-12-8(15)6(4-11-5-7(14)18-3)9(16)13(2)10(12)17/h4,15H,5H2,1-3H3. The summed E-state index contributed by atoms with van der Waals surface area (Å²) in [5.41, 5.74) is -1.50. The lowest BCUT2D eigenvalue weighted by Gasteiger charge is -2.06. The Kier molecular flexibility index (Phi) is 4.03. The topological polar surface area (TPSA) is 103 Å². The molecular weight excluding hydrogens is 242 g/mol. The maximum atomic E-state index is 11.7. The van der Waals surface area contributed by atoms with Crippen molar-refractivity contribution in [2.45, 2.75) is 0 Å². The summed E-state index contributed by atoms with van der Waals surface area (Å²) in [6.07, 6.45) is 1.04. The second kappa shape index (κ2) is 5.30. The van der Waals surface area contributed by atoms with Crippen molar-refractivity contribution in [1.82, 2.24) is 9.13 Å². The third-order valence-corrected chi connectivity index (χ3v) is 2.34. The Balaban J connectivity index is 3.23. The summed E-state index contributed by atoms with van der Waals surface area (Å²) in [5.74, 6) is -1.08. The van der Waals surface area contributed by atoms with Gasteiger partial charge in [0.05, 0.1) is 7.11 Å². The van der Waals surface area contributed by atoms with Crippen LogP contribution in [0.5, 0.6) is 5.88 Å². The van der Waals surface area contributed by atoms with Crippen molar-refractivity contribution < 1.29 is 14.6 Å². The SMILES string of the molecule is COC(=O)CN=Cc1c(O)n(C)c(=O)n(C)c1=O. The van der Waals surface area contributed by atoms with Crippen molar-refractivity contribution >= 4 is 12.2 Å². The molecule has 1 N–H and O–H groups in total. The fourth-order valence-electron chi connectivity index (χ4n) is 1.25. The van der Waals surface area contributed by atoms with E-state index in [-0.39, 0.29) is 12.1 Å². The molecule has 0 aliphatic rings. The molecule has 0 bridgehead atoms. The third-order valence-electron chi connectivity index (χ3n) is 2.34. The van der Waals surface area contributed by atoms with Crippen LogP contribution in [0.1, 0.15) is 5.56 Å². The molecular formula is C10H13N3O5. The van der Waals surface area contributed by atoms with Crippen LogP contribution in [0, 0.1) is 0 Å². The van der Waals surface area contributed by atoms with Gasteiger partial charge in [-0.1, -0.05) is 0 Å². The second-order valence-corrected chi connectivity index (χ2v) is 3.49. The molecule has 0 aromatic carbocycles. The number of methoxy groups -OCH3 is 1. The maximum absolute atomic E-state index is 11.7. The van der Waals surface area contributed by atoms with E-state index in [0.29, 0.717) is 0 Å². The number of carbonyl (C=O) groups is 1. The molecule has 0 saturated carbocycles. The summed E-state index contributed by atoms with van der Waals surface area (Å²) >= 11 is 0. The monoisotopic (exact) mass is 255 g/mol. The number of nitrogens with zero attached hydrogens (tertiary/aromatic N) is 3. The molecule has 0 fully saturated rings. The Morgan fingerprint density at radius 1 is 1.39 bits per heavy atom. The van der Waals surface area contributed by atoms with Gasteiger partial charge in [0.1, 0.15) is 12.1 Å². The fraction of sp³-hybridized carbons (Fsp3) is 0.400. The lowest BCUT2D eigenvalue weighted by Crippen LogP contribution is -2.38. The van der Waals surface area contributed by atoms with E-state index in [2.05, 4.69) is 9.73 Å². The van der Waals surface area contributed by atoms with Crippen LogP contribution in [0.2, 0.25) is 0 Å². The van der Waals surface area contributed by atoms with Crippen LogP contribution in [0.3, 0.4) is 0 Å². The van der Waals surface area contributed by atoms with Gasteiger partial charge in [-0.15, -0.1) is 0 Å². The van der Waals surface area contributed by atoms with Gasteiger partial charge in [0.2, 0.25) is 5.88 Å². The molecule has 0 aliphatic heterocycles. The lowest BCUT2D eigenvalue weighted by atomic mass is 10.3. The Labute approximate surface area is 102 Å². The van der Waals surface area contributed by atoms with Crippen LogP contribution < -0.4 is 11.2 Å². The van der Waals surface area contributed by atoms with Gasteiger partial charge in [-0.25, -0.2) is 4.79 Å². The van der Waals surface area contributed by atoms with Crippen LogP contribution in [-0.4, -0.2) is 40.1 Å². The molecule has 98 valence electrons. The van der Waals surface area contributed by atoms with E-state index >= 15 is 0 Å². The quantitative estimate of drug-likeness (QED) is 0.516. The average molecular weight is 255 g/mol. The van der Waals surface area contributed by atoms with Gasteiger partial charge >= 0.3 is 11.7 Å². The Hall–Kier alpha value is -2.38. The number of rotatable bonds is 3. The summed E-state index contributed by atoms with van der Waals surface area (Å²) < 4.78 is 6.10. The van der Waals surface area contributed by atoms with Gasteiger partial charge in [0.15, 0.2) is 0 Å². The summed E-state index contributed by atoms with van der Waals surface area (Å²) in [5, 5.41) is 9.65. The minimum atomic E-state index is -0.691. The van der Waals surface area contributed by atoms with Crippen molar-refractivity contribution in [3.8, 4) is 5.88 Å². The minimum Gasteiger partial charge on any atom is -0.494 e. The molecule has 1 heterocycles. The van der Waals surface area contributed by atoms with Gasteiger partial charge in [-0.3, -0.25) is 23.7 Å². The van der Waals surface area contributed by atoms with Gasteiger partial charge < -0.3 is 9.84 Å². The number of ether oxygens (including phenoxy) is 1. The number of aromatic hydroxyl groups is 1. The molecule has 0 spiro atoms. The minimum absolute atomic E-state index is 0.163. The number of carbonyl (C=O) groups excluding carboxylic acids is 1. The van der Waals surface area contributed by atoms with Crippen molar-refractivity contribution in [3.05, 3.63) is 26.4 Å². The van der Waals surface area contributed by atoms with E-state index in [0.717, 1.165) is 15.3 Å². The number of aliphatic imine (C=N–C) groups is 1. The largest absolute Gasteiger partial charge is 0.494 e. The molecule has 1 aromatic rings. The normalized spacial score (nSPS) is 10.8. The molecule has 0 atom stereocenters. The lowest BCUT2D eigenvalue weighted by molar-refractivity contribution is -0.138. The first-order valence-electron chi connectivity index (χ1n) is 4.95. The van der Waals surface area contributed by atoms with Crippen LogP contribution in [-0.2, 0) is 23.6 Å². The van der Waals surface area contributed by atoms with Crippen LogP contribution in [0.25, 0.3) is 0 Å². The number of hydrogen-bond donors (Lipinski definition) is 1. The van der Waals surface area contributed by atoms with E-state index in [9.17, 15) is 19.5 Å². The smallest absolute Gasteiger partial charge is 0.333 e. The van der Waals surface area contributed by atoms with E-state index in [1.165, 1.54) is 21.2 Å². The Morgan fingerprint density at radius 3 is 2.56 bits per heavy atom. The van der Waals surface area contributed by atoms with E-state index < -0.39 is 23.1 Å². The first kappa shape index (κ1) is 13.7. The number of esters is 1. The molecule has 8 nitrogen and oxygen atoms in total. The van der Waals surface area contributed by atoms with Crippen molar-refractivity contribution in [1.29, 1.82) is 0 Å². The first-order chi connectivity index (χ1) is 8.40. The van der Waals surface area contributed by atoms with Gasteiger partial charge in [-0.2, -0.15) is 0 Å². The number of hydrogen-bond acceptors (Lipinski definition) is 6. The van der Waals surface area contributed by atoms with E-state index in [4.69, 9.17) is 0 Å². The van der Waals surface area contributed by atoms with Gasteiger partial charge in [0.25, 0.3) is 5.56 Å². The van der Waals surface area contributed by atoms with Crippen molar-refractivity contribution in [3.63, 3.8) is 0 Å².